The minimum Gasteiger partial charge on any atom is -0.268 e. The van der Waals surface area contributed by atoms with Gasteiger partial charge in [0.2, 0.25) is 0 Å². The summed E-state index contributed by atoms with van der Waals surface area (Å²) in [6.07, 6.45) is 5.39. The third-order valence-corrected chi connectivity index (χ3v) is 9.27. The molecule has 3 rings (SSSR count). The van der Waals surface area contributed by atoms with Crippen molar-refractivity contribution >= 4 is 27.3 Å². The lowest BCUT2D eigenvalue weighted by molar-refractivity contribution is 0.0926. The number of nitrogens with zero attached hydrogens (tertiary/aromatic N) is 1. The smallest absolute Gasteiger partial charge is 0.266 e. The van der Waals surface area contributed by atoms with Gasteiger partial charge >= 0.3 is 0 Å². The maximum Gasteiger partial charge on any atom is 0.266 e. The maximum absolute atomic E-state index is 13.0. The quantitative estimate of drug-likeness (QED) is 0.293. The molecule has 1 heterocycles. The molecule has 1 aliphatic rings. The number of benzene rings is 2. The summed E-state index contributed by atoms with van der Waals surface area (Å²) >= 11 is 0. The monoisotopic (exact) mass is 483 g/mol. The number of carbonyl (C=O) groups excluding carboxylic acids is 2. The van der Waals surface area contributed by atoms with Gasteiger partial charge in [0.25, 0.3) is 11.8 Å². The molecule has 2 aromatic carbocycles. The molecule has 0 spiro atoms. The fourth-order valence-electron chi connectivity index (χ4n) is 4.14. The molecule has 0 aliphatic carbocycles. The average Bonchev–Trinajstić information content (AvgIpc) is 3.02. The zero-order chi connectivity index (χ0) is 25.1. The van der Waals surface area contributed by atoms with Gasteiger partial charge in [0.15, 0.2) is 9.84 Å². The van der Waals surface area contributed by atoms with E-state index in [1.165, 1.54) is 10.5 Å². The molecule has 184 valence electrons. The van der Waals surface area contributed by atoms with Gasteiger partial charge < -0.3 is 0 Å². The first-order valence-electron chi connectivity index (χ1n) is 12.3. The van der Waals surface area contributed by atoms with Crippen LogP contribution in [0.1, 0.15) is 104 Å². The van der Waals surface area contributed by atoms with Crippen molar-refractivity contribution in [2.75, 3.05) is 10.7 Å². The van der Waals surface area contributed by atoms with Gasteiger partial charge in [-0.1, -0.05) is 51.3 Å². The molecule has 0 fully saturated rings. The van der Waals surface area contributed by atoms with Crippen LogP contribution in [0.5, 0.6) is 0 Å². The van der Waals surface area contributed by atoms with Gasteiger partial charge in [-0.3, -0.25) is 9.59 Å². The van der Waals surface area contributed by atoms with E-state index in [0.29, 0.717) is 29.2 Å². The van der Waals surface area contributed by atoms with Crippen molar-refractivity contribution < 1.29 is 18.0 Å². The second kappa shape index (κ2) is 10.4. The molecule has 0 saturated carbocycles. The van der Waals surface area contributed by atoms with Crippen LogP contribution in [0.4, 0.5) is 5.69 Å². The number of aryl methyl sites for hydroxylation is 1. The Morgan fingerprint density at radius 1 is 0.794 bits per heavy atom. The lowest BCUT2D eigenvalue weighted by atomic mass is 10.0. The SMILES string of the molecule is CC(C)c1ccc(N2C(=O)c3ccc(CCCCCCCS(=O)(=O)C(C)(C)C)cc3C2=O)cc1. The fourth-order valence-corrected chi connectivity index (χ4v) is 5.34. The molecule has 0 atom stereocenters. The predicted octanol–water partition coefficient (Wildman–Crippen LogP) is 6.32. The molecule has 0 aromatic heterocycles. The number of sulfone groups is 1. The molecular formula is C28H37NO4S. The van der Waals surface area contributed by atoms with E-state index in [2.05, 4.69) is 13.8 Å². The van der Waals surface area contributed by atoms with E-state index in [4.69, 9.17) is 0 Å². The molecule has 0 bridgehead atoms. The van der Waals surface area contributed by atoms with Crippen molar-refractivity contribution in [2.45, 2.75) is 83.8 Å². The first-order valence-corrected chi connectivity index (χ1v) is 13.9. The van der Waals surface area contributed by atoms with Gasteiger partial charge in [0, 0.05) is 0 Å². The third-order valence-electron chi connectivity index (χ3n) is 6.58. The van der Waals surface area contributed by atoms with Crippen molar-refractivity contribution in [3.05, 3.63) is 64.7 Å². The highest BCUT2D eigenvalue weighted by Crippen LogP contribution is 2.30. The number of unbranched alkanes of at least 4 members (excludes halogenated alkanes) is 4. The van der Waals surface area contributed by atoms with Crippen molar-refractivity contribution in [2.24, 2.45) is 0 Å². The van der Waals surface area contributed by atoms with E-state index < -0.39 is 14.6 Å². The van der Waals surface area contributed by atoms with Gasteiger partial charge in [-0.15, -0.1) is 0 Å². The van der Waals surface area contributed by atoms with Crippen molar-refractivity contribution in [3.63, 3.8) is 0 Å². The number of fused-ring (bicyclic) bond motifs is 1. The number of rotatable bonds is 10. The largest absolute Gasteiger partial charge is 0.268 e. The van der Waals surface area contributed by atoms with Gasteiger partial charge in [-0.25, -0.2) is 13.3 Å². The number of hydrogen-bond donors (Lipinski definition) is 0. The van der Waals surface area contributed by atoms with Crippen molar-refractivity contribution in [3.8, 4) is 0 Å². The van der Waals surface area contributed by atoms with Crippen LogP contribution in [0.3, 0.4) is 0 Å². The second-order valence-corrected chi connectivity index (χ2v) is 13.4. The molecule has 34 heavy (non-hydrogen) atoms. The third kappa shape index (κ3) is 5.77. The highest BCUT2D eigenvalue weighted by molar-refractivity contribution is 7.92. The van der Waals surface area contributed by atoms with Gasteiger partial charge in [0.05, 0.1) is 27.3 Å². The average molecular weight is 484 g/mol. The summed E-state index contributed by atoms with van der Waals surface area (Å²) in [7, 11) is -3.04. The molecule has 5 nitrogen and oxygen atoms in total. The van der Waals surface area contributed by atoms with Crippen LogP contribution in [0.25, 0.3) is 0 Å². The Balaban J connectivity index is 1.52. The molecule has 0 unspecified atom stereocenters. The molecule has 0 saturated heterocycles. The summed E-state index contributed by atoms with van der Waals surface area (Å²) in [6.45, 7) is 9.46. The first-order chi connectivity index (χ1) is 15.9. The van der Waals surface area contributed by atoms with Crippen LogP contribution in [0.2, 0.25) is 0 Å². The standard InChI is InChI=1S/C28H37NO4S/c1-20(2)22-13-15-23(16-14-22)29-26(30)24-17-12-21(19-25(24)27(29)31)11-9-7-6-8-10-18-34(32,33)28(3,4)5/h12-17,19-20H,6-11,18H2,1-5H3. The fraction of sp³-hybridized carbons (Fsp3) is 0.500. The summed E-state index contributed by atoms with van der Waals surface area (Å²) in [5.74, 6) is 0.0947. The van der Waals surface area contributed by atoms with Gasteiger partial charge in [0.1, 0.15) is 0 Å². The number of carbonyl (C=O) groups is 2. The van der Waals surface area contributed by atoms with E-state index in [-0.39, 0.29) is 17.6 Å². The summed E-state index contributed by atoms with van der Waals surface area (Å²) in [5, 5.41) is 0. The highest BCUT2D eigenvalue weighted by Gasteiger charge is 2.36. The van der Waals surface area contributed by atoms with E-state index >= 15 is 0 Å². The molecule has 2 aromatic rings. The molecule has 2 amide bonds. The first kappa shape index (κ1) is 26.1. The second-order valence-electron chi connectivity index (χ2n) is 10.5. The molecular weight excluding hydrogens is 446 g/mol. The molecule has 1 aliphatic heterocycles. The van der Waals surface area contributed by atoms with E-state index in [1.807, 2.05) is 36.4 Å². The zero-order valence-corrected chi connectivity index (χ0v) is 21.9. The maximum atomic E-state index is 13.0. The lowest BCUT2D eigenvalue weighted by Crippen LogP contribution is -2.30. The Bertz CT molecular complexity index is 1140. The highest BCUT2D eigenvalue weighted by atomic mass is 32.2. The van der Waals surface area contributed by atoms with Crippen LogP contribution in [-0.4, -0.2) is 30.7 Å². The predicted molar refractivity (Wildman–Crippen MR) is 138 cm³/mol. The Hall–Kier alpha value is -2.47. The van der Waals surface area contributed by atoms with Crippen molar-refractivity contribution in [1.82, 2.24) is 0 Å². The lowest BCUT2D eigenvalue weighted by Gasteiger charge is -2.18. The van der Waals surface area contributed by atoms with E-state index in [1.54, 1.807) is 26.8 Å². The Morgan fingerprint density at radius 3 is 2.00 bits per heavy atom. The summed E-state index contributed by atoms with van der Waals surface area (Å²) in [6, 6.07) is 13.2. The van der Waals surface area contributed by atoms with Crippen LogP contribution >= 0.6 is 0 Å². The Kier molecular flexibility index (Phi) is 8.02. The number of amides is 2. The van der Waals surface area contributed by atoms with Crippen LogP contribution in [0.15, 0.2) is 42.5 Å². The van der Waals surface area contributed by atoms with Crippen LogP contribution in [-0.2, 0) is 16.3 Å². The van der Waals surface area contributed by atoms with E-state index in [0.717, 1.165) is 37.7 Å². The number of hydrogen-bond acceptors (Lipinski definition) is 4. The van der Waals surface area contributed by atoms with Crippen molar-refractivity contribution in [1.29, 1.82) is 0 Å². The molecule has 0 N–H and O–H groups in total. The van der Waals surface area contributed by atoms with Gasteiger partial charge in [-0.05, 0) is 81.3 Å². The summed E-state index contributed by atoms with van der Waals surface area (Å²) in [4.78, 5) is 27.2. The Labute approximate surface area is 204 Å². The topological polar surface area (TPSA) is 71.5 Å². The number of imide groups is 1. The number of anilines is 1. The van der Waals surface area contributed by atoms with E-state index in [9.17, 15) is 18.0 Å². The minimum absolute atomic E-state index is 0.244. The Morgan fingerprint density at radius 2 is 1.38 bits per heavy atom. The molecule has 6 heteroatoms. The zero-order valence-electron chi connectivity index (χ0n) is 21.1. The summed E-state index contributed by atoms with van der Waals surface area (Å²) in [5.41, 5.74) is 3.75. The molecule has 0 radical (unpaired) electrons. The van der Waals surface area contributed by atoms with Crippen LogP contribution in [0, 0.1) is 0 Å². The van der Waals surface area contributed by atoms with Gasteiger partial charge in [-0.2, -0.15) is 0 Å². The normalized spacial score (nSPS) is 14.2. The summed E-state index contributed by atoms with van der Waals surface area (Å²) < 4.78 is 23.7. The van der Waals surface area contributed by atoms with Crippen LogP contribution < -0.4 is 4.90 Å². The minimum atomic E-state index is -3.04.